The van der Waals surface area contributed by atoms with Crippen LogP contribution in [0.25, 0.3) is 11.1 Å². The largest absolute Gasteiger partial charge is 0.487 e. The number of ether oxygens (including phenoxy) is 2. The number of methoxy groups -OCH3 is 1. The van der Waals surface area contributed by atoms with Gasteiger partial charge in [-0.25, -0.2) is 4.79 Å². The zero-order valence-electron chi connectivity index (χ0n) is 16.4. The molecule has 2 heterocycles. The van der Waals surface area contributed by atoms with Crippen molar-refractivity contribution >= 4 is 23.5 Å². The van der Waals surface area contributed by atoms with Gasteiger partial charge in [0.25, 0.3) is 5.91 Å². The van der Waals surface area contributed by atoms with Crippen LogP contribution >= 0.6 is 11.6 Å². The standard InChI is InChI=1S/C22H19ClN2O5/c1-12-7-19(25-30-12)21(26)24-11-17-9-15-8-16(23)10-18(20(15)29-17)13-3-5-14(6-4-13)22(27)28-2/h3-8,10,17H,9,11H2,1-2H3,(H,24,26). The number of nitrogens with one attached hydrogen (secondary N) is 1. The van der Waals surface area contributed by atoms with Crippen molar-refractivity contribution in [2.45, 2.75) is 19.4 Å². The Hall–Kier alpha value is -3.32. The van der Waals surface area contributed by atoms with E-state index in [4.69, 9.17) is 25.6 Å². The lowest BCUT2D eigenvalue weighted by atomic mass is 9.99. The van der Waals surface area contributed by atoms with Gasteiger partial charge in [0.1, 0.15) is 17.6 Å². The second-order valence-corrected chi connectivity index (χ2v) is 7.42. The molecule has 0 spiro atoms. The topological polar surface area (TPSA) is 90.7 Å². The van der Waals surface area contributed by atoms with E-state index < -0.39 is 5.97 Å². The molecule has 0 bridgehead atoms. The highest BCUT2D eigenvalue weighted by atomic mass is 35.5. The molecule has 30 heavy (non-hydrogen) atoms. The summed E-state index contributed by atoms with van der Waals surface area (Å²) in [6, 6.07) is 12.3. The van der Waals surface area contributed by atoms with Gasteiger partial charge in [0.2, 0.25) is 0 Å². The molecule has 0 aliphatic carbocycles. The molecule has 1 aliphatic heterocycles. The van der Waals surface area contributed by atoms with Gasteiger partial charge in [-0.2, -0.15) is 0 Å². The van der Waals surface area contributed by atoms with Gasteiger partial charge in [-0.15, -0.1) is 0 Å². The molecule has 1 amide bonds. The fraction of sp³-hybridized carbons (Fsp3) is 0.227. The maximum atomic E-state index is 12.2. The maximum Gasteiger partial charge on any atom is 0.337 e. The Morgan fingerprint density at radius 1 is 1.23 bits per heavy atom. The average molecular weight is 427 g/mol. The summed E-state index contributed by atoms with van der Waals surface area (Å²) in [6.45, 7) is 2.04. The van der Waals surface area contributed by atoms with E-state index in [1.165, 1.54) is 7.11 Å². The third-order valence-electron chi connectivity index (χ3n) is 4.83. The van der Waals surface area contributed by atoms with Crippen molar-refractivity contribution in [3.05, 3.63) is 70.1 Å². The Bertz CT molecular complexity index is 1110. The number of hydrogen-bond acceptors (Lipinski definition) is 6. The first-order valence-electron chi connectivity index (χ1n) is 9.34. The molecule has 4 rings (SSSR count). The van der Waals surface area contributed by atoms with E-state index in [0.717, 1.165) is 22.4 Å². The summed E-state index contributed by atoms with van der Waals surface area (Å²) in [6.07, 6.45) is 0.379. The number of nitrogens with zero attached hydrogens (tertiary/aromatic N) is 1. The Morgan fingerprint density at radius 2 is 2.00 bits per heavy atom. The van der Waals surface area contributed by atoms with Crippen LogP contribution in [0, 0.1) is 6.92 Å². The van der Waals surface area contributed by atoms with Gasteiger partial charge in [0.05, 0.1) is 19.2 Å². The van der Waals surface area contributed by atoms with Crippen molar-refractivity contribution in [3.63, 3.8) is 0 Å². The number of esters is 1. The monoisotopic (exact) mass is 426 g/mol. The number of amides is 1. The molecular weight excluding hydrogens is 408 g/mol. The molecule has 1 aliphatic rings. The van der Waals surface area contributed by atoms with E-state index in [-0.39, 0.29) is 17.7 Å². The van der Waals surface area contributed by atoms with Gasteiger partial charge in [-0.3, -0.25) is 4.79 Å². The SMILES string of the molecule is COC(=O)c1ccc(-c2cc(Cl)cc3c2OC(CNC(=O)c2cc(C)on2)C3)cc1. The third kappa shape index (κ3) is 4.02. The zero-order chi connectivity index (χ0) is 21.3. The lowest BCUT2D eigenvalue weighted by molar-refractivity contribution is 0.0600. The average Bonchev–Trinajstić information content (AvgIpc) is 3.36. The predicted molar refractivity (Wildman–Crippen MR) is 110 cm³/mol. The molecule has 0 fully saturated rings. The second-order valence-electron chi connectivity index (χ2n) is 6.99. The molecule has 7 nitrogen and oxygen atoms in total. The summed E-state index contributed by atoms with van der Waals surface area (Å²) in [7, 11) is 1.34. The quantitative estimate of drug-likeness (QED) is 0.623. The highest BCUT2D eigenvalue weighted by Crippen LogP contribution is 2.41. The Labute approximate surface area is 177 Å². The Balaban J connectivity index is 1.50. The van der Waals surface area contributed by atoms with E-state index in [2.05, 4.69) is 10.5 Å². The van der Waals surface area contributed by atoms with Crippen molar-refractivity contribution in [2.75, 3.05) is 13.7 Å². The number of carbonyl (C=O) groups excluding carboxylic acids is 2. The van der Waals surface area contributed by atoms with Crippen LogP contribution in [-0.4, -0.2) is 36.8 Å². The minimum atomic E-state index is -0.396. The molecule has 0 radical (unpaired) electrons. The molecule has 154 valence electrons. The summed E-state index contributed by atoms with van der Waals surface area (Å²) in [5.41, 5.74) is 3.35. The van der Waals surface area contributed by atoms with Crippen molar-refractivity contribution < 1.29 is 23.6 Å². The lowest BCUT2D eigenvalue weighted by Crippen LogP contribution is -2.34. The van der Waals surface area contributed by atoms with Crippen molar-refractivity contribution in [1.82, 2.24) is 10.5 Å². The molecule has 2 aromatic carbocycles. The van der Waals surface area contributed by atoms with Crippen molar-refractivity contribution in [3.8, 4) is 16.9 Å². The first-order valence-corrected chi connectivity index (χ1v) is 9.71. The number of hydrogen-bond donors (Lipinski definition) is 1. The molecule has 1 N–H and O–H groups in total. The molecule has 0 saturated heterocycles. The Kier molecular flexibility index (Phi) is 5.46. The van der Waals surface area contributed by atoms with Crippen LogP contribution in [0.2, 0.25) is 5.02 Å². The molecule has 3 aromatic rings. The van der Waals surface area contributed by atoms with Crippen LogP contribution in [0.1, 0.15) is 32.2 Å². The fourth-order valence-electron chi connectivity index (χ4n) is 3.40. The van der Waals surface area contributed by atoms with Crippen LogP contribution in [0.4, 0.5) is 0 Å². The molecule has 1 aromatic heterocycles. The van der Waals surface area contributed by atoms with Crippen LogP contribution in [0.15, 0.2) is 47.0 Å². The highest BCUT2D eigenvalue weighted by molar-refractivity contribution is 6.31. The van der Waals surface area contributed by atoms with Gasteiger partial charge < -0.3 is 19.3 Å². The second kappa shape index (κ2) is 8.20. The van der Waals surface area contributed by atoms with Crippen LogP contribution in [-0.2, 0) is 11.2 Å². The third-order valence-corrected chi connectivity index (χ3v) is 5.05. The first-order chi connectivity index (χ1) is 14.4. The number of fused-ring (bicyclic) bond motifs is 1. The van der Waals surface area contributed by atoms with Crippen LogP contribution in [0.5, 0.6) is 5.75 Å². The number of carbonyl (C=O) groups is 2. The molecular formula is C22H19ClN2O5. The smallest absolute Gasteiger partial charge is 0.337 e. The minimum absolute atomic E-state index is 0.233. The summed E-state index contributed by atoms with van der Waals surface area (Å²) in [5, 5.41) is 7.12. The van der Waals surface area contributed by atoms with Crippen molar-refractivity contribution in [1.29, 1.82) is 0 Å². The van der Waals surface area contributed by atoms with Crippen molar-refractivity contribution in [2.24, 2.45) is 0 Å². The van der Waals surface area contributed by atoms with Gasteiger partial charge >= 0.3 is 5.97 Å². The zero-order valence-corrected chi connectivity index (χ0v) is 17.2. The van der Waals surface area contributed by atoms with E-state index in [9.17, 15) is 9.59 Å². The Morgan fingerprint density at radius 3 is 2.67 bits per heavy atom. The fourth-order valence-corrected chi connectivity index (χ4v) is 3.64. The molecule has 1 unspecified atom stereocenters. The summed E-state index contributed by atoms with van der Waals surface area (Å²) >= 11 is 6.32. The summed E-state index contributed by atoms with van der Waals surface area (Å²) in [5.74, 6) is 0.583. The number of aromatic nitrogens is 1. The van der Waals surface area contributed by atoms with Gasteiger partial charge in [-0.05, 0) is 36.8 Å². The highest BCUT2D eigenvalue weighted by Gasteiger charge is 2.27. The van der Waals surface area contributed by atoms with Crippen LogP contribution in [0.3, 0.4) is 0 Å². The van der Waals surface area contributed by atoms with E-state index in [1.807, 2.05) is 24.3 Å². The van der Waals surface area contributed by atoms with Gasteiger partial charge in [0.15, 0.2) is 5.69 Å². The lowest BCUT2D eigenvalue weighted by Gasteiger charge is -2.13. The molecule has 1 atom stereocenters. The van der Waals surface area contributed by atoms with Gasteiger partial charge in [0, 0.05) is 28.6 Å². The number of benzene rings is 2. The van der Waals surface area contributed by atoms with Crippen LogP contribution < -0.4 is 10.1 Å². The summed E-state index contributed by atoms with van der Waals surface area (Å²) in [4.78, 5) is 23.9. The molecule has 8 heteroatoms. The maximum absolute atomic E-state index is 12.2. The molecule has 0 saturated carbocycles. The number of rotatable bonds is 5. The van der Waals surface area contributed by atoms with Gasteiger partial charge in [-0.1, -0.05) is 28.9 Å². The number of halogens is 1. The summed E-state index contributed by atoms with van der Waals surface area (Å²) < 4.78 is 15.8. The number of aryl methyl sites for hydroxylation is 1. The normalized spacial score (nSPS) is 14.7. The van der Waals surface area contributed by atoms with E-state index >= 15 is 0 Å². The van der Waals surface area contributed by atoms with E-state index in [0.29, 0.717) is 29.3 Å². The predicted octanol–water partition coefficient (Wildman–Crippen LogP) is 3.82. The minimum Gasteiger partial charge on any atom is -0.487 e. The van der Waals surface area contributed by atoms with E-state index in [1.54, 1.807) is 25.1 Å². The first kappa shape index (κ1) is 20.0.